The molecule has 0 saturated heterocycles. The number of hydrogen-bond donors (Lipinski definition) is 2. The molecule has 0 aliphatic carbocycles. The van der Waals surface area contributed by atoms with Gasteiger partial charge in [0, 0.05) is 23.2 Å². The van der Waals surface area contributed by atoms with Crippen molar-refractivity contribution < 1.29 is 0 Å². The fourth-order valence-corrected chi connectivity index (χ4v) is 4.89. The molecule has 0 saturated carbocycles. The zero-order chi connectivity index (χ0) is 23.3. The van der Waals surface area contributed by atoms with E-state index in [1.807, 2.05) is 36.4 Å². The molecule has 2 heteroatoms. The van der Waals surface area contributed by atoms with Crippen LogP contribution in [0.4, 0.5) is 11.4 Å². The van der Waals surface area contributed by atoms with E-state index in [0.717, 1.165) is 16.8 Å². The second-order valence-electron chi connectivity index (χ2n) is 8.62. The molecule has 0 atom stereocenters. The first-order chi connectivity index (χ1) is 16.7. The van der Waals surface area contributed by atoms with E-state index in [2.05, 4.69) is 97.1 Å². The van der Waals surface area contributed by atoms with Gasteiger partial charge in [0.05, 0.1) is 0 Å². The van der Waals surface area contributed by atoms with E-state index < -0.39 is 0 Å². The van der Waals surface area contributed by atoms with Gasteiger partial charge in [-0.05, 0) is 45.5 Å². The van der Waals surface area contributed by atoms with E-state index in [-0.39, 0.29) is 11.8 Å². The Morgan fingerprint density at radius 1 is 0.382 bits per heavy atom. The summed E-state index contributed by atoms with van der Waals surface area (Å²) in [5, 5.41) is 0. The molecule has 0 unspecified atom stereocenters. The second kappa shape index (κ2) is 9.68. The van der Waals surface area contributed by atoms with Crippen LogP contribution in [0, 0.1) is 0 Å². The highest BCUT2D eigenvalue weighted by atomic mass is 14.6. The summed E-state index contributed by atoms with van der Waals surface area (Å²) in [5.74, 6) is -0.0336. The maximum absolute atomic E-state index is 7.05. The molecule has 0 radical (unpaired) electrons. The van der Waals surface area contributed by atoms with Crippen LogP contribution < -0.4 is 11.5 Å². The number of hydrogen-bond acceptors (Lipinski definition) is 2. The van der Waals surface area contributed by atoms with E-state index in [4.69, 9.17) is 11.5 Å². The molecule has 5 aromatic rings. The van der Waals surface area contributed by atoms with Crippen LogP contribution in [0.3, 0.4) is 0 Å². The van der Waals surface area contributed by atoms with Crippen molar-refractivity contribution in [2.24, 2.45) is 0 Å². The van der Waals surface area contributed by atoms with Crippen molar-refractivity contribution in [3.63, 3.8) is 0 Å². The summed E-state index contributed by atoms with van der Waals surface area (Å²) >= 11 is 0. The maximum Gasteiger partial charge on any atom is 0.0400 e. The normalized spacial score (nSPS) is 11.1. The molecule has 0 aliphatic rings. The molecule has 0 amide bonds. The lowest BCUT2D eigenvalue weighted by atomic mass is 9.79. The predicted octanol–water partition coefficient (Wildman–Crippen LogP) is 7.21. The van der Waals surface area contributed by atoms with E-state index in [9.17, 15) is 0 Å². The van der Waals surface area contributed by atoms with E-state index in [1.165, 1.54) is 22.3 Å². The van der Waals surface area contributed by atoms with Crippen LogP contribution in [0.25, 0.3) is 0 Å². The standard InChI is InChI=1S/C32H28N2/c33-27-21-28(30(23-13-5-1-6-14-23)24-15-7-2-8-16-24)32(34)29(22-27)31(25-17-9-3-10-18-25)26-19-11-4-12-20-26/h1-22,30-31H,33-34H2. The average molecular weight is 441 g/mol. The van der Waals surface area contributed by atoms with Gasteiger partial charge in [-0.3, -0.25) is 0 Å². The van der Waals surface area contributed by atoms with Crippen LogP contribution in [0.15, 0.2) is 133 Å². The van der Waals surface area contributed by atoms with Crippen molar-refractivity contribution in [3.05, 3.63) is 167 Å². The van der Waals surface area contributed by atoms with Crippen molar-refractivity contribution in [1.29, 1.82) is 0 Å². The van der Waals surface area contributed by atoms with Gasteiger partial charge in [0.25, 0.3) is 0 Å². The molecule has 0 fully saturated rings. The van der Waals surface area contributed by atoms with Gasteiger partial charge < -0.3 is 11.5 Å². The minimum absolute atomic E-state index is 0.0168. The monoisotopic (exact) mass is 440 g/mol. The Morgan fingerprint density at radius 3 is 0.912 bits per heavy atom. The fourth-order valence-electron chi connectivity index (χ4n) is 4.89. The smallest absolute Gasteiger partial charge is 0.0400 e. The lowest BCUT2D eigenvalue weighted by Crippen LogP contribution is -2.13. The van der Waals surface area contributed by atoms with Crippen molar-refractivity contribution >= 4 is 11.4 Å². The summed E-state index contributed by atoms with van der Waals surface area (Å²) in [5.41, 5.74) is 21.9. The van der Waals surface area contributed by atoms with E-state index in [1.54, 1.807) is 0 Å². The topological polar surface area (TPSA) is 52.0 Å². The van der Waals surface area contributed by atoms with Crippen molar-refractivity contribution in [2.75, 3.05) is 11.5 Å². The van der Waals surface area contributed by atoms with Gasteiger partial charge in [-0.25, -0.2) is 0 Å². The fraction of sp³-hybridized carbons (Fsp3) is 0.0625. The van der Waals surface area contributed by atoms with Crippen molar-refractivity contribution in [2.45, 2.75) is 11.8 Å². The Labute approximate surface area is 201 Å². The Balaban J connectivity index is 1.75. The zero-order valence-corrected chi connectivity index (χ0v) is 19.0. The van der Waals surface area contributed by atoms with Gasteiger partial charge in [-0.2, -0.15) is 0 Å². The summed E-state index contributed by atoms with van der Waals surface area (Å²) < 4.78 is 0. The Bertz CT molecular complexity index is 1160. The summed E-state index contributed by atoms with van der Waals surface area (Å²) in [6, 6.07) is 46.1. The van der Waals surface area contributed by atoms with Crippen molar-refractivity contribution in [3.8, 4) is 0 Å². The molecule has 5 aromatic carbocycles. The number of nitrogens with two attached hydrogens (primary N) is 2. The molecule has 2 nitrogen and oxygen atoms in total. The number of rotatable bonds is 6. The average Bonchev–Trinajstić information content (AvgIpc) is 2.89. The van der Waals surface area contributed by atoms with Crippen LogP contribution in [-0.4, -0.2) is 0 Å². The zero-order valence-electron chi connectivity index (χ0n) is 19.0. The molecule has 34 heavy (non-hydrogen) atoms. The number of anilines is 2. The van der Waals surface area contributed by atoms with Gasteiger partial charge in [0.1, 0.15) is 0 Å². The van der Waals surface area contributed by atoms with Crippen molar-refractivity contribution in [1.82, 2.24) is 0 Å². The van der Waals surface area contributed by atoms with Gasteiger partial charge in [0.15, 0.2) is 0 Å². The van der Waals surface area contributed by atoms with Crippen LogP contribution in [0.1, 0.15) is 45.2 Å². The van der Waals surface area contributed by atoms with Gasteiger partial charge in [0.2, 0.25) is 0 Å². The number of benzene rings is 5. The summed E-state index contributed by atoms with van der Waals surface area (Å²) in [4.78, 5) is 0. The highest BCUT2D eigenvalue weighted by molar-refractivity contribution is 5.69. The first-order valence-electron chi connectivity index (χ1n) is 11.6. The highest BCUT2D eigenvalue weighted by Crippen LogP contribution is 2.43. The van der Waals surface area contributed by atoms with E-state index >= 15 is 0 Å². The third-order valence-electron chi connectivity index (χ3n) is 6.42. The highest BCUT2D eigenvalue weighted by Gasteiger charge is 2.25. The quantitative estimate of drug-likeness (QED) is 0.216. The Kier molecular flexibility index (Phi) is 6.13. The SMILES string of the molecule is Nc1cc(C(c2ccccc2)c2ccccc2)c(N)c(C(c2ccccc2)c2ccccc2)c1. The third-order valence-corrected chi connectivity index (χ3v) is 6.42. The molecule has 0 spiro atoms. The molecule has 0 aliphatic heterocycles. The van der Waals surface area contributed by atoms with Gasteiger partial charge >= 0.3 is 0 Å². The molecule has 0 aromatic heterocycles. The molecular weight excluding hydrogens is 412 g/mol. The minimum atomic E-state index is -0.0168. The molecular formula is C32H28N2. The molecule has 4 N–H and O–H groups in total. The van der Waals surface area contributed by atoms with Crippen LogP contribution in [-0.2, 0) is 0 Å². The molecule has 166 valence electrons. The molecule has 5 rings (SSSR count). The second-order valence-corrected chi connectivity index (χ2v) is 8.62. The minimum Gasteiger partial charge on any atom is -0.399 e. The Hall–Kier alpha value is -4.30. The lowest BCUT2D eigenvalue weighted by molar-refractivity contribution is 0.947. The van der Waals surface area contributed by atoms with Crippen LogP contribution >= 0.6 is 0 Å². The van der Waals surface area contributed by atoms with Crippen LogP contribution in [0.5, 0.6) is 0 Å². The van der Waals surface area contributed by atoms with Gasteiger partial charge in [-0.1, -0.05) is 121 Å². The third kappa shape index (κ3) is 4.31. The lowest BCUT2D eigenvalue weighted by Gasteiger charge is -2.26. The molecule has 0 bridgehead atoms. The number of nitrogen functional groups attached to an aromatic ring is 2. The van der Waals surface area contributed by atoms with Gasteiger partial charge in [-0.15, -0.1) is 0 Å². The van der Waals surface area contributed by atoms with Crippen LogP contribution in [0.2, 0.25) is 0 Å². The van der Waals surface area contributed by atoms with E-state index in [0.29, 0.717) is 5.69 Å². The molecule has 0 heterocycles. The largest absolute Gasteiger partial charge is 0.399 e. The first kappa shape index (κ1) is 21.5. The predicted molar refractivity (Wildman–Crippen MR) is 143 cm³/mol. The summed E-state index contributed by atoms with van der Waals surface area (Å²) in [6.07, 6.45) is 0. The maximum atomic E-state index is 7.05. The first-order valence-corrected chi connectivity index (χ1v) is 11.6. The summed E-state index contributed by atoms with van der Waals surface area (Å²) in [7, 11) is 0. The summed E-state index contributed by atoms with van der Waals surface area (Å²) in [6.45, 7) is 0. The Morgan fingerprint density at radius 2 is 0.647 bits per heavy atom.